The summed E-state index contributed by atoms with van der Waals surface area (Å²) in [6.45, 7) is 6.08. The van der Waals surface area contributed by atoms with Gasteiger partial charge < -0.3 is 29.1 Å². The second kappa shape index (κ2) is 8.77. The SMILES string of the molecule is O[C@H](COc1ccccc1F)C[NH+]1CC[NH+](Cc2ccc3c(c2)OCO3)CC1. The van der Waals surface area contributed by atoms with Gasteiger partial charge in [-0.3, -0.25) is 0 Å². The van der Waals surface area contributed by atoms with E-state index in [2.05, 4.69) is 12.1 Å². The van der Waals surface area contributed by atoms with Crippen molar-refractivity contribution < 1.29 is 33.5 Å². The van der Waals surface area contributed by atoms with Crippen LogP contribution in [-0.2, 0) is 6.54 Å². The van der Waals surface area contributed by atoms with Gasteiger partial charge in [0.05, 0.1) is 0 Å². The number of para-hydroxylation sites is 1. The molecular formula is C21H27FN2O4+2. The summed E-state index contributed by atoms with van der Waals surface area (Å²) in [5.41, 5.74) is 1.25. The number of fused-ring (bicyclic) bond motifs is 1. The largest absolute Gasteiger partial charge is 0.488 e. The maximum Gasteiger partial charge on any atom is 0.231 e. The highest BCUT2D eigenvalue weighted by Gasteiger charge is 2.26. The summed E-state index contributed by atoms with van der Waals surface area (Å²) in [4.78, 5) is 2.89. The van der Waals surface area contributed by atoms with Crippen LogP contribution in [0.5, 0.6) is 17.2 Å². The normalized spacial score (nSPS) is 22.1. The molecule has 0 spiro atoms. The second-order valence-electron chi connectivity index (χ2n) is 7.46. The molecule has 1 fully saturated rings. The Morgan fingerprint density at radius 2 is 1.75 bits per heavy atom. The number of aliphatic hydroxyl groups is 1. The summed E-state index contributed by atoms with van der Waals surface area (Å²) in [6, 6.07) is 12.4. The monoisotopic (exact) mass is 390 g/mol. The molecule has 7 heteroatoms. The number of piperazine rings is 1. The Labute approximate surface area is 164 Å². The van der Waals surface area contributed by atoms with Gasteiger partial charge >= 0.3 is 0 Å². The van der Waals surface area contributed by atoms with Crippen LogP contribution in [0.3, 0.4) is 0 Å². The van der Waals surface area contributed by atoms with Gasteiger partial charge in [0.15, 0.2) is 23.1 Å². The van der Waals surface area contributed by atoms with Gasteiger partial charge in [-0.25, -0.2) is 4.39 Å². The lowest BCUT2D eigenvalue weighted by Gasteiger charge is -2.30. The van der Waals surface area contributed by atoms with Crippen molar-refractivity contribution in [3.63, 3.8) is 0 Å². The molecule has 2 aromatic rings. The lowest BCUT2D eigenvalue weighted by molar-refractivity contribution is -1.02. The lowest BCUT2D eigenvalue weighted by Crippen LogP contribution is -3.28. The molecule has 150 valence electrons. The fraction of sp³-hybridized carbons (Fsp3) is 0.429. The van der Waals surface area contributed by atoms with Gasteiger partial charge in [-0.2, -0.15) is 0 Å². The number of nitrogens with one attached hydrogen (secondary N) is 2. The predicted molar refractivity (Wildman–Crippen MR) is 100 cm³/mol. The van der Waals surface area contributed by atoms with Gasteiger partial charge in [0.2, 0.25) is 6.79 Å². The van der Waals surface area contributed by atoms with Crippen molar-refractivity contribution in [3.8, 4) is 17.2 Å². The molecule has 4 rings (SSSR count). The number of benzene rings is 2. The van der Waals surface area contributed by atoms with E-state index in [1.165, 1.54) is 21.4 Å². The Morgan fingerprint density at radius 3 is 2.57 bits per heavy atom. The summed E-state index contributed by atoms with van der Waals surface area (Å²) in [6.07, 6.45) is -0.606. The second-order valence-corrected chi connectivity index (χ2v) is 7.46. The molecule has 1 saturated heterocycles. The number of quaternary nitrogens is 2. The Bertz CT molecular complexity index is 796. The minimum atomic E-state index is -0.606. The van der Waals surface area contributed by atoms with Crippen molar-refractivity contribution in [2.24, 2.45) is 0 Å². The van der Waals surface area contributed by atoms with Crippen LogP contribution in [0.1, 0.15) is 5.56 Å². The van der Waals surface area contributed by atoms with E-state index in [0.29, 0.717) is 13.3 Å². The molecule has 0 aliphatic carbocycles. The van der Waals surface area contributed by atoms with Crippen LogP contribution in [0.15, 0.2) is 42.5 Å². The Balaban J connectivity index is 1.19. The minimum Gasteiger partial charge on any atom is -0.488 e. The van der Waals surface area contributed by atoms with Crippen molar-refractivity contribution in [1.82, 2.24) is 0 Å². The molecule has 0 aromatic heterocycles. The van der Waals surface area contributed by atoms with Crippen molar-refractivity contribution in [3.05, 3.63) is 53.8 Å². The Morgan fingerprint density at radius 1 is 1.00 bits per heavy atom. The maximum absolute atomic E-state index is 13.6. The highest BCUT2D eigenvalue weighted by molar-refractivity contribution is 5.44. The van der Waals surface area contributed by atoms with E-state index in [1.54, 1.807) is 18.2 Å². The van der Waals surface area contributed by atoms with E-state index in [4.69, 9.17) is 14.2 Å². The smallest absolute Gasteiger partial charge is 0.231 e. The predicted octanol–water partition coefficient (Wildman–Crippen LogP) is -0.722. The molecule has 2 aliphatic rings. The molecule has 3 N–H and O–H groups in total. The van der Waals surface area contributed by atoms with Gasteiger partial charge in [-0.05, 0) is 30.3 Å². The van der Waals surface area contributed by atoms with Gasteiger partial charge in [0.25, 0.3) is 0 Å². The molecule has 6 nitrogen and oxygen atoms in total. The third-order valence-corrected chi connectivity index (χ3v) is 5.35. The molecule has 0 unspecified atom stereocenters. The Kier molecular flexibility index (Phi) is 5.95. The summed E-state index contributed by atoms with van der Waals surface area (Å²) in [5, 5.41) is 10.2. The first-order valence-electron chi connectivity index (χ1n) is 9.78. The average Bonchev–Trinajstić information content (AvgIpc) is 3.17. The van der Waals surface area contributed by atoms with Crippen LogP contribution in [0, 0.1) is 5.82 Å². The number of halogens is 1. The standard InChI is InChI=1S/C21H25FN2O4/c22-18-3-1-2-4-19(18)26-14-17(25)13-24-9-7-23(8-10-24)12-16-5-6-20-21(11-16)28-15-27-20/h1-6,11,17,25H,7-10,12-15H2/p+2/t17-/m0/s1. The average molecular weight is 390 g/mol. The summed E-state index contributed by atoms with van der Waals surface area (Å²) >= 11 is 0. The van der Waals surface area contributed by atoms with Gasteiger partial charge in [-0.1, -0.05) is 12.1 Å². The van der Waals surface area contributed by atoms with Crippen LogP contribution in [0.4, 0.5) is 4.39 Å². The number of hydrogen-bond donors (Lipinski definition) is 3. The highest BCUT2D eigenvalue weighted by Crippen LogP contribution is 2.32. The van der Waals surface area contributed by atoms with Crippen molar-refractivity contribution >= 4 is 0 Å². The molecule has 28 heavy (non-hydrogen) atoms. The van der Waals surface area contributed by atoms with Crippen LogP contribution in [-0.4, -0.2) is 57.3 Å². The number of hydrogen-bond acceptors (Lipinski definition) is 4. The van der Waals surface area contributed by atoms with Gasteiger partial charge in [-0.15, -0.1) is 0 Å². The molecular weight excluding hydrogens is 363 g/mol. The first-order chi connectivity index (χ1) is 13.7. The molecule has 2 aliphatic heterocycles. The first-order valence-corrected chi connectivity index (χ1v) is 9.78. The topological polar surface area (TPSA) is 56.8 Å². The van der Waals surface area contributed by atoms with Crippen molar-refractivity contribution in [2.75, 3.05) is 46.1 Å². The molecule has 0 bridgehead atoms. The third kappa shape index (κ3) is 4.73. The number of ether oxygens (including phenoxy) is 3. The van der Waals surface area contributed by atoms with Crippen molar-refractivity contribution in [1.29, 1.82) is 0 Å². The van der Waals surface area contributed by atoms with E-state index < -0.39 is 11.9 Å². The molecule has 0 amide bonds. The number of aliphatic hydroxyl groups excluding tert-OH is 1. The Hall–Kier alpha value is -2.35. The van der Waals surface area contributed by atoms with Gasteiger partial charge in [0.1, 0.15) is 52.0 Å². The zero-order valence-corrected chi connectivity index (χ0v) is 15.8. The highest BCUT2D eigenvalue weighted by atomic mass is 19.1. The zero-order valence-electron chi connectivity index (χ0n) is 15.8. The van der Waals surface area contributed by atoms with E-state index in [-0.39, 0.29) is 12.4 Å². The summed E-state index contributed by atoms with van der Waals surface area (Å²) in [5.74, 6) is 1.44. The number of rotatable bonds is 7. The quantitative estimate of drug-likeness (QED) is 0.584. The summed E-state index contributed by atoms with van der Waals surface area (Å²) < 4.78 is 29.8. The van der Waals surface area contributed by atoms with Crippen LogP contribution < -0.4 is 24.0 Å². The molecule has 0 radical (unpaired) electrons. The van der Waals surface area contributed by atoms with Gasteiger partial charge in [0, 0.05) is 5.56 Å². The minimum absolute atomic E-state index is 0.109. The lowest BCUT2D eigenvalue weighted by atomic mass is 10.1. The fourth-order valence-corrected chi connectivity index (χ4v) is 3.82. The molecule has 2 aromatic carbocycles. The fourth-order valence-electron chi connectivity index (χ4n) is 3.82. The first kappa shape index (κ1) is 19.0. The summed E-state index contributed by atoms with van der Waals surface area (Å²) in [7, 11) is 0. The van der Waals surface area contributed by atoms with Crippen molar-refractivity contribution in [2.45, 2.75) is 12.6 Å². The van der Waals surface area contributed by atoms with Crippen LogP contribution in [0.2, 0.25) is 0 Å². The van der Waals surface area contributed by atoms with E-state index in [1.807, 2.05) is 6.07 Å². The third-order valence-electron chi connectivity index (χ3n) is 5.35. The molecule has 2 heterocycles. The molecule has 0 saturated carbocycles. The van der Waals surface area contributed by atoms with Crippen LogP contribution in [0.25, 0.3) is 0 Å². The van der Waals surface area contributed by atoms with E-state index in [0.717, 1.165) is 44.2 Å². The van der Waals surface area contributed by atoms with E-state index >= 15 is 0 Å². The van der Waals surface area contributed by atoms with Crippen LogP contribution >= 0.6 is 0 Å². The van der Waals surface area contributed by atoms with E-state index in [9.17, 15) is 9.50 Å². The molecule has 1 atom stereocenters. The maximum atomic E-state index is 13.6. The zero-order chi connectivity index (χ0) is 19.3.